The fourth-order valence-corrected chi connectivity index (χ4v) is 3.32. The van der Waals surface area contributed by atoms with E-state index >= 15 is 0 Å². The van der Waals surface area contributed by atoms with Crippen molar-refractivity contribution < 1.29 is 9.53 Å². The van der Waals surface area contributed by atoms with Gasteiger partial charge in [-0.2, -0.15) is 0 Å². The van der Waals surface area contributed by atoms with Gasteiger partial charge in [-0.3, -0.25) is 4.79 Å². The summed E-state index contributed by atoms with van der Waals surface area (Å²) in [6.07, 6.45) is 0. The topological polar surface area (TPSA) is 56.2 Å². The molecule has 0 aliphatic carbocycles. The Labute approximate surface area is 166 Å². The Hall–Kier alpha value is -3.08. The van der Waals surface area contributed by atoms with Crippen LogP contribution in [0, 0.1) is 13.8 Å². The lowest BCUT2D eigenvalue weighted by Crippen LogP contribution is -2.29. The molecule has 1 atom stereocenters. The smallest absolute Gasteiger partial charge is 0.246 e. The normalized spacial score (nSPS) is 12.0. The van der Waals surface area contributed by atoms with Crippen molar-refractivity contribution in [3.63, 3.8) is 0 Å². The van der Waals surface area contributed by atoms with Gasteiger partial charge >= 0.3 is 0 Å². The number of fused-ring (bicyclic) bond motifs is 1. The summed E-state index contributed by atoms with van der Waals surface area (Å²) in [5, 5.41) is 2.96. The summed E-state index contributed by atoms with van der Waals surface area (Å²) in [7, 11) is 0. The Morgan fingerprint density at radius 3 is 2.57 bits per heavy atom. The van der Waals surface area contributed by atoms with E-state index in [9.17, 15) is 4.79 Å². The molecule has 1 N–H and O–H groups in total. The predicted molar refractivity (Wildman–Crippen MR) is 113 cm³/mol. The van der Waals surface area contributed by atoms with Crippen molar-refractivity contribution >= 4 is 16.9 Å². The first-order valence-corrected chi connectivity index (χ1v) is 9.48. The van der Waals surface area contributed by atoms with Gasteiger partial charge in [0.2, 0.25) is 5.91 Å². The third-order valence-corrected chi connectivity index (χ3v) is 4.59. The number of benzene rings is 2. The molecule has 3 rings (SSSR count). The van der Waals surface area contributed by atoms with Gasteiger partial charge in [-0.05, 0) is 63.1 Å². The van der Waals surface area contributed by atoms with Gasteiger partial charge in [0, 0.05) is 5.57 Å². The largest absolute Gasteiger partial charge is 0.492 e. The molecule has 0 radical (unpaired) electrons. The fraction of sp³-hybridized carbons (Fsp3) is 0.304. The summed E-state index contributed by atoms with van der Waals surface area (Å²) in [5.74, 6) is 1.50. The van der Waals surface area contributed by atoms with Gasteiger partial charge in [0.05, 0.1) is 23.6 Å². The second-order valence-corrected chi connectivity index (χ2v) is 7.26. The highest BCUT2D eigenvalue weighted by Gasteiger charge is 2.18. The van der Waals surface area contributed by atoms with Crippen LogP contribution in [0.2, 0.25) is 0 Å². The van der Waals surface area contributed by atoms with Crippen LogP contribution in [-0.2, 0) is 11.3 Å². The quantitative estimate of drug-likeness (QED) is 0.618. The van der Waals surface area contributed by atoms with Crippen LogP contribution >= 0.6 is 0 Å². The van der Waals surface area contributed by atoms with Gasteiger partial charge in [0.1, 0.15) is 18.2 Å². The number of rotatable bonds is 7. The molecular formula is C23H27N3O2. The van der Waals surface area contributed by atoms with E-state index in [2.05, 4.69) is 36.4 Å². The molecule has 28 heavy (non-hydrogen) atoms. The number of aryl methyl sites for hydroxylation is 2. The van der Waals surface area contributed by atoms with Crippen molar-refractivity contribution in [3.8, 4) is 5.75 Å². The van der Waals surface area contributed by atoms with E-state index in [-0.39, 0.29) is 11.9 Å². The minimum absolute atomic E-state index is 0.169. The minimum atomic E-state index is -0.238. The van der Waals surface area contributed by atoms with E-state index in [0.717, 1.165) is 22.6 Å². The summed E-state index contributed by atoms with van der Waals surface area (Å²) >= 11 is 0. The number of amides is 1. The molecule has 1 heterocycles. The first-order valence-electron chi connectivity index (χ1n) is 9.48. The SMILES string of the molecule is C=C(C)C(=O)NC(C)c1nc2ccccc2n1CCOc1cc(C)cc(C)c1. The van der Waals surface area contributed by atoms with E-state index < -0.39 is 0 Å². The van der Waals surface area contributed by atoms with Crippen LogP contribution in [0.4, 0.5) is 0 Å². The Morgan fingerprint density at radius 2 is 1.89 bits per heavy atom. The number of carbonyl (C=O) groups excluding carboxylic acids is 1. The third-order valence-electron chi connectivity index (χ3n) is 4.59. The van der Waals surface area contributed by atoms with Gasteiger partial charge < -0.3 is 14.6 Å². The van der Waals surface area contributed by atoms with E-state index in [1.54, 1.807) is 6.92 Å². The van der Waals surface area contributed by atoms with Crippen LogP contribution in [0.3, 0.4) is 0 Å². The second-order valence-electron chi connectivity index (χ2n) is 7.26. The Kier molecular flexibility index (Phi) is 5.83. The highest BCUT2D eigenvalue weighted by Crippen LogP contribution is 2.22. The van der Waals surface area contributed by atoms with Crippen molar-refractivity contribution in [1.29, 1.82) is 0 Å². The third kappa shape index (κ3) is 4.42. The number of aromatic nitrogens is 2. The van der Waals surface area contributed by atoms with Crippen molar-refractivity contribution in [1.82, 2.24) is 14.9 Å². The van der Waals surface area contributed by atoms with Gasteiger partial charge in [-0.25, -0.2) is 4.98 Å². The highest BCUT2D eigenvalue weighted by molar-refractivity contribution is 5.92. The number of nitrogens with one attached hydrogen (secondary N) is 1. The highest BCUT2D eigenvalue weighted by atomic mass is 16.5. The minimum Gasteiger partial charge on any atom is -0.492 e. The van der Waals surface area contributed by atoms with Crippen LogP contribution in [0.25, 0.3) is 11.0 Å². The molecule has 5 heteroatoms. The number of hydrogen-bond donors (Lipinski definition) is 1. The average molecular weight is 377 g/mol. The number of ether oxygens (including phenoxy) is 1. The zero-order valence-corrected chi connectivity index (χ0v) is 17.0. The average Bonchev–Trinajstić information content (AvgIpc) is 3.00. The molecule has 1 unspecified atom stereocenters. The summed E-state index contributed by atoms with van der Waals surface area (Å²) < 4.78 is 8.11. The van der Waals surface area contributed by atoms with Crippen LogP contribution in [0.5, 0.6) is 5.75 Å². The van der Waals surface area contributed by atoms with Crippen LogP contribution in [-0.4, -0.2) is 22.1 Å². The fourth-order valence-electron chi connectivity index (χ4n) is 3.32. The molecule has 1 aromatic heterocycles. The molecule has 0 saturated carbocycles. The number of nitrogens with zero attached hydrogens (tertiary/aromatic N) is 2. The maximum Gasteiger partial charge on any atom is 0.246 e. The first kappa shape index (κ1) is 19.7. The van der Waals surface area contributed by atoms with Crippen LogP contribution in [0.15, 0.2) is 54.6 Å². The zero-order valence-electron chi connectivity index (χ0n) is 17.0. The molecule has 3 aromatic rings. The second kappa shape index (κ2) is 8.30. The van der Waals surface area contributed by atoms with Gasteiger partial charge in [-0.1, -0.05) is 24.8 Å². The monoisotopic (exact) mass is 377 g/mol. The number of hydrogen-bond acceptors (Lipinski definition) is 3. The van der Waals surface area contributed by atoms with Crippen LogP contribution < -0.4 is 10.1 Å². The number of carbonyl (C=O) groups is 1. The Bertz CT molecular complexity index is 1000. The van der Waals surface area contributed by atoms with Crippen molar-refractivity contribution in [2.75, 3.05) is 6.61 Å². The molecule has 2 aromatic carbocycles. The summed E-state index contributed by atoms with van der Waals surface area (Å²) in [4.78, 5) is 16.8. The van der Waals surface area contributed by atoms with Crippen LogP contribution in [0.1, 0.15) is 36.8 Å². The lowest BCUT2D eigenvalue weighted by atomic mass is 10.1. The maximum absolute atomic E-state index is 12.0. The summed E-state index contributed by atoms with van der Waals surface area (Å²) in [5.41, 5.74) is 4.77. The zero-order chi connectivity index (χ0) is 20.3. The summed E-state index contributed by atoms with van der Waals surface area (Å²) in [6, 6.07) is 13.9. The van der Waals surface area contributed by atoms with Crippen molar-refractivity contribution in [3.05, 3.63) is 71.6 Å². The predicted octanol–water partition coefficient (Wildman–Crippen LogP) is 4.49. The van der Waals surface area contributed by atoms with E-state index in [0.29, 0.717) is 18.7 Å². The molecule has 0 saturated heterocycles. The standard InChI is InChI=1S/C23H27N3O2/c1-15(2)23(27)24-18(5)22-25-20-8-6-7-9-21(20)26(22)10-11-28-19-13-16(3)12-17(4)14-19/h6-9,12-14,18H,1,10-11H2,2-5H3,(H,24,27). The van der Waals surface area contributed by atoms with Crippen molar-refractivity contribution in [2.24, 2.45) is 0 Å². The molecule has 0 fully saturated rings. The van der Waals surface area contributed by atoms with Gasteiger partial charge in [0.15, 0.2) is 0 Å². The molecular weight excluding hydrogens is 350 g/mol. The molecule has 0 bridgehead atoms. The Balaban J connectivity index is 1.82. The molecule has 0 aliphatic heterocycles. The number of para-hydroxylation sites is 2. The maximum atomic E-state index is 12.0. The lowest BCUT2D eigenvalue weighted by molar-refractivity contribution is -0.118. The van der Waals surface area contributed by atoms with E-state index in [1.807, 2.05) is 43.3 Å². The van der Waals surface area contributed by atoms with Crippen molar-refractivity contribution in [2.45, 2.75) is 40.3 Å². The molecule has 146 valence electrons. The summed E-state index contributed by atoms with van der Waals surface area (Å²) in [6.45, 7) is 12.6. The van der Waals surface area contributed by atoms with E-state index in [1.165, 1.54) is 11.1 Å². The molecule has 5 nitrogen and oxygen atoms in total. The Morgan fingerprint density at radius 1 is 1.21 bits per heavy atom. The number of imidazole rings is 1. The van der Waals surface area contributed by atoms with Gasteiger partial charge in [-0.15, -0.1) is 0 Å². The molecule has 0 aliphatic rings. The van der Waals surface area contributed by atoms with E-state index in [4.69, 9.17) is 9.72 Å². The molecule has 0 spiro atoms. The first-order chi connectivity index (χ1) is 13.3. The lowest BCUT2D eigenvalue weighted by Gasteiger charge is -2.17. The van der Waals surface area contributed by atoms with Gasteiger partial charge in [0.25, 0.3) is 0 Å². The molecule has 1 amide bonds.